The number of aromatic nitrogens is 4. The molecule has 0 aliphatic heterocycles. The van der Waals surface area contributed by atoms with Crippen LogP contribution in [0.4, 0.5) is 4.39 Å². The fourth-order valence-corrected chi connectivity index (χ4v) is 2.66. The van der Waals surface area contributed by atoms with Crippen LogP contribution in [0.15, 0.2) is 47.1 Å². The van der Waals surface area contributed by atoms with E-state index < -0.39 is 0 Å². The summed E-state index contributed by atoms with van der Waals surface area (Å²) in [7, 11) is 1.85. The molecule has 0 aliphatic rings. The number of benzene rings is 1. The molecule has 23 heavy (non-hydrogen) atoms. The Balaban J connectivity index is 1.97. The molecule has 0 spiro atoms. The number of pyridine rings is 1. The zero-order valence-electron chi connectivity index (χ0n) is 12.6. The molecule has 0 saturated heterocycles. The highest BCUT2D eigenvalue weighted by atomic mass is 19.1. The van der Waals surface area contributed by atoms with Gasteiger partial charge in [0.25, 0.3) is 0 Å². The molecule has 0 radical (unpaired) electrons. The van der Waals surface area contributed by atoms with E-state index in [0.717, 1.165) is 22.4 Å². The lowest BCUT2D eigenvalue weighted by Crippen LogP contribution is -1.88. The van der Waals surface area contributed by atoms with Crippen molar-refractivity contribution in [2.75, 3.05) is 0 Å². The van der Waals surface area contributed by atoms with Crippen molar-refractivity contribution in [1.29, 1.82) is 0 Å². The van der Waals surface area contributed by atoms with Gasteiger partial charge in [0.2, 0.25) is 5.71 Å². The lowest BCUT2D eigenvalue weighted by atomic mass is 10.0. The second-order valence-corrected chi connectivity index (χ2v) is 5.32. The van der Waals surface area contributed by atoms with Crippen molar-refractivity contribution in [3.05, 3.63) is 54.4 Å². The highest BCUT2D eigenvalue weighted by molar-refractivity contribution is 5.93. The zero-order valence-corrected chi connectivity index (χ0v) is 12.6. The van der Waals surface area contributed by atoms with Crippen LogP contribution < -0.4 is 0 Å². The molecule has 0 atom stereocenters. The SMILES string of the molecule is Cc1nc2c(-c3cn(C)nc3-c3ccc(F)cc3)ccnc2o1. The molecular formula is C17H13FN4O. The molecule has 0 fully saturated rings. The molecule has 114 valence electrons. The van der Waals surface area contributed by atoms with Gasteiger partial charge in [-0.1, -0.05) is 0 Å². The number of hydrogen-bond acceptors (Lipinski definition) is 4. The third-order valence-corrected chi connectivity index (χ3v) is 3.64. The standard InChI is InChI=1S/C17H13FN4O/c1-10-20-16-13(7-8-19-17(16)23-10)14-9-22(2)21-15(14)11-3-5-12(18)6-4-11/h3-9H,1-2H3. The highest BCUT2D eigenvalue weighted by Gasteiger charge is 2.17. The van der Waals surface area contributed by atoms with Gasteiger partial charge in [-0.3, -0.25) is 4.68 Å². The number of aryl methyl sites for hydroxylation is 2. The summed E-state index contributed by atoms with van der Waals surface area (Å²) < 4.78 is 20.4. The minimum absolute atomic E-state index is 0.273. The van der Waals surface area contributed by atoms with Crippen LogP contribution in [0.25, 0.3) is 33.6 Å². The Morgan fingerprint density at radius 2 is 1.87 bits per heavy atom. The van der Waals surface area contributed by atoms with Crippen molar-refractivity contribution in [3.8, 4) is 22.4 Å². The predicted octanol–water partition coefficient (Wildman–Crippen LogP) is 3.74. The first-order chi connectivity index (χ1) is 11.1. The van der Waals surface area contributed by atoms with Crippen LogP contribution in [0.1, 0.15) is 5.89 Å². The number of hydrogen-bond donors (Lipinski definition) is 0. The summed E-state index contributed by atoms with van der Waals surface area (Å²) in [5.41, 5.74) is 4.59. The molecule has 0 N–H and O–H groups in total. The lowest BCUT2D eigenvalue weighted by molar-refractivity contribution is 0.551. The van der Waals surface area contributed by atoms with Crippen molar-refractivity contribution in [1.82, 2.24) is 19.7 Å². The van der Waals surface area contributed by atoms with Crippen molar-refractivity contribution >= 4 is 11.2 Å². The van der Waals surface area contributed by atoms with Crippen molar-refractivity contribution < 1.29 is 8.81 Å². The quantitative estimate of drug-likeness (QED) is 0.566. The number of rotatable bonds is 2. The Labute approximate surface area is 131 Å². The molecule has 0 saturated carbocycles. The van der Waals surface area contributed by atoms with E-state index >= 15 is 0 Å². The van der Waals surface area contributed by atoms with Gasteiger partial charge in [-0.05, 0) is 30.3 Å². The average Bonchev–Trinajstić information content (AvgIpc) is 3.09. The molecule has 0 amide bonds. The van der Waals surface area contributed by atoms with E-state index in [2.05, 4.69) is 15.1 Å². The Kier molecular flexibility index (Phi) is 2.97. The fourth-order valence-electron chi connectivity index (χ4n) is 2.66. The molecule has 0 unspecified atom stereocenters. The summed E-state index contributed by atoms with van der Waals surface area (Å²) >= 11 is 0. The van der Waals surface area contributed by atoms with Gasteiger partial charge in [-0.2, -0.15) is 5.10 Å². The van der Waals surface area contributed by atoms with E-state index in [-0.39, 0.29) is 5.82 Å². The molecule has 5 nitrogen and oxygen atoms in total. The molecule has 3 aromatic heterocycles. The van der Waals surface area contributed by atoms with Gasteiger partial charge in [0, 0.05) is 43.1 Å². The van der Waals surface area contributed by atoms with E-state index in [1.54, 1.807) is 29.9 Å². The largest absolute Gasteiger partial charge is 0.423 e. The summed E-state index contributed by atoms with van der Waals surface area (Å²) in [5, 5.41) is 4.52. The van der Waals surface area contributed by atoms with Gasteiger partial charge >= 0.3 is 0 Å². The van der Waals surface area contributed by atoms with Crippen molar-refractivity contribution in [3.63, 3.8) is 0 Å². The minimum atomic E-state index is -0.273. The van der Waals surface area contributed by atoms with Crippen molar-refractivity contribution in [2.24, 2.45) is 7.05 Å². The third-order valence-electron chi connectivity index (χ3n) is 3.64. The van der Waals surface area contributed by atoms with Crippen LogP contribution in [0.2, 0.25) is 0 Å². The summed E-state index contributed by atoms with van der Waals surface area (Å²) in [6.45, 7) is 1.79. The number of halogens is 1. The smallest absolute Gasteiger partial charge is 0.247 e. The maximum Gasteiger partial charge on any atom is 0.247 e. The Bertz CT molecular complexity index is 1000. The summed E-state index contributed by atoms with van der Waals surface area (Å²) in [6, 6.07) is 8.17. The van der Waals surface area contributed by atoms with E-state index in [1.165, 1.54) is 12.1 Å². The van der Waals surface area contributed by atoms with Crippen LogP contribution in [0.3, 0.4) is 0 Å². The van der Waals surface area contributed by atoms with E-state index in [4.69, 9.17) is 4.42 Å². The monoisotopic (exact) mass is 308 g/mol. The highest BCUT2D eigenvalue weighted by Crippen LogP contribution is 2.34. The topological polar surface area (TPSA) is 56.7 Å². The van der Waals surface area contributed by atoms with Gasteiger partial charge in [-0.25, -0.2) is 14.4 Å². The van der Waals surface area contributed by atoms with Crippen LogP contribution in [0.5, 0.6) is 0 Å². The molecule has 4 aromatic rings. The normalized spacial score (nSPS) is 11.3. The molecule has 1 aromatic carbocycles. The Morgan fingerprint density at radius 3 is 2.65 bits per heavy atom. The number of oxazole rings is 1. The van der Waals surface area contributed by atoms with Crippen LogP contribution in [0, 0.1) is 12.7 Å². The second kappa shape index (κ2) is 5.01. The van der Waals surface area contributed by atoms with Gasteiger partial charge < -0.3 is 4.42 Å². The maximum atomic E-state index is 13.2. The molecule has 6 heteroatoms. The second-order valence-electron chi connectivity index (χ2n) is 5.32. The fraction of sp³-hybridized carbons (Fsp3) is 0.118. The maximum absolute atomic E-state index is 13.2. The Hall–Kier alpha value is -3.02. The summed E-state index contributed by atoms with van der Waals surface area (Å²) in [4.78, 5) is 8.62. The van der Waals surface area contributed by atoms with Crippen molar-refractivity contribution in [2.45, 2.75) is 6.92 Å². The number of fused-ring (bicyclic) bond motifs is 1. The zero-order chi connectivity index (χ0) is 16.0. The first kappa shape index (κ1) is 13.6. The Morgan fingerprint density at radius 1 is 1.09 bits per heavy atom. The van der Waals surface area contributed by atoms with E-state index in [1.807, 2.05) is 19.3 Å². The first-order valence-corrected chi connectivity index (χ1v) is 7.14. The van der Waals surface area contributed by atoms with Crippen LogP contribution >= 0.6 is 0 Å². The summed E-state index contributed by atoms with van der Waals surface area (Å²) in [5.74, 6) is 0.289. The van der Waals surface area contributed by atoms with Gasteiger partial charge in [0.1, 0.15) is 17.0 Å². The molecule has 0 bridgehead atoms. The first-order valence-electron chi connectivity index (χ1n) is 7.14. The minimum Gasteiger partial charge on any atom is -0.423 e. The average molecular weight is 308 g/mol. The van der Waals surface area contributed by atoms with Gasteiger partial charge in [-0.15, -0.1) is 0 Å². The van der Waals surface area contributed by atoms with Crippen LogP contribution in [-0.4, -0.2) is 19.7 Å². The molecule has 3 heterocycles. The number of nitrogens with zero attached hydrogens (tertiary/aromatic N) is 4. The van der Waals surface area contributed by atoms with Crippen LogP contribution in [-0.2, 0) is 7.05 Å². The lowest BCUT2D eigenvalue weighted by Gasteiger charge is -2.03. The van der Waals surface area contributed by atoms with E-state index in [0.29, 0.717) is 17.1 Å². The third kappa shape index (κ3) is 2.28. The summed E-state index contributed by atoms with van der Waals surface area (Å²) in [6.07, 6.45) is 3.60. The molecule has 4 rings (SSSR count). The molecule has 0 aliphatic carbocycles. The predicted molar refractivity (Wildman–Crippen MR) is 84.1 cm³/mol. The van der Waals surface area contributed by atoms with Gasteiger partial charge in [0.05, 0.1) is 0 Å². The van der Waals surface area contributed by atoms with E-state index in [9.17, 15) is 4.39 Å². The van der Waals surface area contributed by atoms with Gasteiger partial charge in [0.15, 0.2) is 5.89 Å². The molecular weight excluding hydrogens is 295 g/mol.